The van der Waals surface area contributed by atoms with Crippen molar-refractivity contribution in [2.75, 3.05) is 39.6 Å². The smallest absolute Gasteiger partial charge is 0.303 e. The van der Waals surface area contributed by atoms with Crippen molar-refractivity contribution in [1.29, 1.82) is 0 Å². The lowest BCUT2D eigenvalue weighted by molar-refractivity contribution is -0.395. The van der Waals surface area contributed by atoms with Crippen molar-refractivity contribution < 1.29 is 233 Å². The summed E-state index contributed by atoms with van der Waals surface area (Å²) >= 11 is 0. The molecule has 126 heavy (non-hydrogen) atoms. The second kappa shape index (κ2) is 47.9. The van der Waals surface area contributed by atoms with Crippen LogP contribution in [0.5, 0.6) is 0 Å². The molecular weight excluding hydrogens is 1710 g/mol. The Labute approximate surface area is 715 Å². The fourth-order valence-electron chi connectivity index (χ4n) is 13.8. The number of azide groups is 1. The van der Waals surface area contributed by atoms with Gasteiger partial charge in [-0.15, -0.1) is 0 Å². The van der Waals surface area contributed by atoms with Crippen LogP contribution in [0.1, 0.15) is 132 Å². The third-order valence-electron chi connectivity index (χ3n) is 17.8. The first-order valence-corrected chi connectivity index (χ1v) is 38.3. The van der Waals surface area contributed by atoms with Crippen LogP contribution in [-0.4, -0.2) is 337 Å². The monoisotopic (exact) mass is 1810 g/mol. The van der Waals surface area contributed by atoms with Crippen LogP contribution in [0.25, 0.3) is 10.4 Å². The number of hydrogen-bond donors (Lipinski definition) is 0. The molecule has 6 heterocycles. The van der Waals surface area contributed by atoms with Crippen LogP contribution in [0, 0.1) is 0 Å². The maximum absolute atomic E-state index is 13.8. The number of esters is 19. The minimum Gasteiger partial charge on any atom is -0.463 e. The molecule has 0 aromatic carbocycles. The first kappa shape index (κ1) is 104. The molecule has 6 fully saturated rings. The molecule has 0 aromatic rings. The van der Waals surface area contributed by atoms with Gasteiger partial charge in [-0.2, -0.15) is 0 Å². The van der Waals surface area contributed by atoms with Gasteiger partial charge in [-0.25, -0.2) is 0 Å². The van der Waals surface area contributed by atoms with Crippen molar-refractivity contribution in [3.8, 4) is 0 Å². The minimum atomic E-state index is -2.44. The summed E-state index contributed by atoms with van der Waals surface area (Å²) in [5, 5.41) is 3.52. The Bertz CT molecular complexity index is 3970. The number of rotatable bonds is 36. The van der Waals surface area contributed by atoms with E-state index in [2.05, 4.69) is 10.0 Å². The van der Waals surface area contributed by atoms with Gasteiger partial charge in [-0.3, -0.25) is 91.1 Å². The Morgan fingerprint density at radius 1 is 0.198 bits per heavy atom. The van der Waals surface area contributed by atoms with E-state index in [1.165, 1.54) is 0 Å². The molecule has 6 aliphatic rings. The Morgan fingerprint density at radius 3 is 0.516 bits per heavy atom. The molecule has 12 unspecified atom stereocenters. The molecule has 0 saturated carbocycles. The highest BCUT2D eigenvalue weighted by atomic mass is 16.8. The molecule has 0 aromatic heterocycles. The zero-order valence-corrected chi connectivity index (χ0v) is 71.4. The average Bonchev–Trinajstić information content (AvgIpc) is 0.761. The van der Waals surface area contributed by atoms with Crippen LogP contribution in [0.15, 0.2) is 5.11 Å². The lowest BCUT2D eigenvalue weighted by Gasteiger charge is -2.52. The summed E-state index contributed by atoms with van der Waals surface area (Å²) in [5.41, 5.74) is 9.60. The van der Waals surface area contributed by atoms with Crippen LogP contribution in [-0.2, 0) is 233 Å². The first-order valence-electron chi connectivity index (χ1n) is 38.3. The average molecular weight is 1810 g/mol. The largest absolute Gasteiger partial charge is 0.463 e. The molecule has 704 valence electrons. The van der Waals surface area contributed by atoms with Crippen LogP contribution in [0.2, 0.25) is 0 Å². The van der Waals surface area contributed by atoms with Gasteiger partial charge in [0, 0.05) is 136 Å². The predicted molar refractivity (Wildman–Crippen MR) is 387 cm³/mol. The SMILES string of the molecule is CC(=O)OCC1O[C@@H](O[C@H]2C(COC(C)=O)O[C@@H](O[C@H]3C(COC(C)=O)O[C@@H](O[C@H]4C(COC(C)=O)O[C@@H](O[C@H]5C(COC(C)=O)O[C@@H](O[C@H]6C(COC(C)=O)O[C@@H](N=[N+]=[N-])C(OC(C)=O)[C@@H]6OC(C)=O)C(OC(C)=O)[C@@H]5OC(C)=O)C(OC(C)=O)[C@@H]4OC(C)=O)C(OC(C)=O)[C@@H]3OC(C)=O)C(OC(C)=O)[C@H]2OC(C)=O)C(OC(C)=O)[C@@H](OC(C)=O)[C@H]1OC(C)=O. The summed E-state index contributed by atoms with van der Waals surface area (Å²) in [5.74, 6) is -21.8. The van der Waals surface area contributed by atoms with Crippen LogP contribution >= 0.6 is 0 Å². The van der Waals surface area contributed by atoms with E-state index in [1.54, 1.807) is 0 Å². The summed E-state index contributed by atoms with van der Waals surface area (Å²) < 4.78 is 178. The van der Waals surface area contributed by atoms with E-state index in [-0.39, 0.29) is 0 Å². The van der Waals surface area contributed by atoms with E-state index >= 15 is 0 Å². The fraction of sp³-hybridized carbons (Fsp3) is 0.743. The van der Waals surface area contributed by atoms with E-state index < -0.39 is 337 Å². The van der Waals surface area contributed by atoms with Gasteiger partial charge in [-0.05, 0) is 5.53 Å². The Hall–Kier alpha value is -11.2. The van der Waals surface area contributed by atoms with Crippen LogP contribution < -0.4 is 0 Å². The number of carbonyl (C=O) groups is 19. The van der Waals surface area contributed by atoms with Crippen molar-refractivity contribution in [2.45, 2.75) is 316 Å². The van der Waals surface area contributed by atoms with E-state index in [0.717, 1.165) is 132 Å². The van der Waals surface area contributed by atoms with Gasteiger partial charge in [0.2, 0.25) is 0 Å². The molecule has 0 N–H and O–H groups in total. The van der Waals surface area contributed by atoms with Crippen molar-refractivity contribution >= 4 is 113 Å². The van der Waals surface area contributed by atoms with E-state index in [0.29, 0.717) is 0 Å². The molecule has 30 atom stereocenters. The third-order valence-corrected chi connectivity index (χ3v) is 17.8. The Morgan fingerprint density at radius 2 is 0.341 bits per heavy atom. The molecule has 0 bridgehead atoms. The summed E-state index contributed by atoms with van der Waals surface area (Å²) in [6, 6.07) is 0. The molecule has 6 aliphatic heterocycles. The first-order chi connectivity index (χ1) is 59.0. The maximum atomic E-state index is 13.8. The molecular formula is C74H99N3O49. The standard InChI is InChI=1S/C74H99N3O49/c1-26(78)97-20-45-52(57(104-33(8)85)63(110-39(14)91)69(116-45)76-77-75)122-71-65(112-41(16)93)59(106-35(10)87)54(47(118-71)22-99-28(3)80)124-73-67(114-43(18)95)61(108-37(12)89)56(49(120-73)24-101-30(5)82)126-74-68(115-44(19)96)62(109-38(13)90)55(50(121-74)25-102-31(6)83)125-72-66(113-42(17)94)60(107-36(11)88)53(48(119-72)23-100-29(4)81)123-70-64(111-40(15)92)58(105-34(9)86)51(103-32(7)84)46(117-70)21-98-27(2)79/h45-74H,20-25H2,1-19H3/t45?,46?,47?,48?,49?,50?,51-,52-,53-,54-,55-,56-,57+,58-,59+,60-,61+,62+,63?,64?,65?,66?,67?,68?,69+,70-,71-,72-,73-,74-/m0/s1. The highest BCUT2D eigenvalue weighted by molar-refractivity contribution is 5.73. The molecule has 6 rings (SSSR count). The summed E-state index contributed by atoms with van der Waals surface area (Å²) in [4.78, 5) is 253. The van der Waals surface area contributed by atoms with E-state index in [1.807, 2.05) is 0 Å². The number of nitrogens with zero attached hydrogens (tertiary/aromatic N) is 3. The van der Waals surface area contributed by atoms with Gasteiger partial charge in [0.15, 0.2) is 117 Å². The van der Waals surface area contributed by atoms with Crippen LogP contribution in [0.3, 0.4) is 0 Å². The van der Waals surface area contributed by atoms with Crippen molar-refractivity contribution in [3.05, 3.63) is 10.4 Å². The lowest BCUT2D eigenvalue weighted by atomic mass is 9.94. The van der Waals surface area contributed by atoms with Crippen LogP contribution in [0.4, 0.5) is 0 Å². The van der Waals surface area contributed by atoms with Crippen molar-refractivity contribution in [3.63, 3.8) is 0 Å². The second-order valence-corrected chi connectivity index (χ2v) is 28.3. The van der Waals surface area contributed by atoms with Crippen molar-refractivity contribution in [1.82, 2.24) is 0 Å². The summed E-state index contributed by atoms with van der Waals surface area (Å²) in [6.45, 7) is 10.7. The molecule has 0 amide bonds. The van der Waals surface area contributed by atoms with E-state index in [9.17, 15) is 96.6 Å². The molecule has 6 saturated heterocycles. The number of carbonyl (C=O) groups excluding carboxylic acids is 19. The van der Waals surface area contributed by atoms with Gasteiger partial charge in [0.1, 0.15) is 107 Å². The van der Waals surface area contributed by atoms with E-state index in [4.69, 9.17) is 142 Å². The Balaban J connectivity index is 1.55. The highest BCUT2D eigenvalue weighted by Crippen LogP contribution is 2.43. The second-order valence-electron chi connectivity index (χ2n) is 28.3. The number of ether oxygens (including phenoxy) is 30. The third kappa shape index (κ3) is 30.8. The molecule has 52 heteroatoms. The highest BCUT2D eigenvalue weighted by Gasteiger charge is 2.64. The van der Waals surface area contributed by atoms with Gasteiger partial charge < -0.3 is 142 Å². The Kier molecular flexibility index (Phi) is 39.4. The molecule has 0 spiro atoms. The van der Waals surface area contributed by atoms with Gasteiger partial charge in [-0.1, -0.05) is 5.11 Å². The zero-order valence-electron chi connectivity index (χ0n) is 71.4. The van der Waals surface area contributed by atoms with Crippen molar-refractivity contribution in [2.24, 2.45) is 5.11 Å². The molecule has 0 aliphatic carbocycles. The zero-order chi connectivity index (χ0) is 94.2. The lowest BCUT2D eigenvalue weighted by Crippen LogP contribution is -2.70. The number of hydrogen-bond acceptors (Lipinski definition) is 50. The van der Waals surface area contributed by atoms with Gasteiger partial charge in [0.05, 0.1) is 0 Å². The van der Waals surface area contributed by atoms with Gasteiger partial charge in [0.25, 0.3) is 0 Å². The predicted octanol–water partition coefficient (Wildman–Crippen LogP) is -1.94. The molecule has 0 radical (unpaired) electrons. The normalized spacial score (nSPS) is 32.7. The topological polar surface area (TPSA) is 650 Å². The maximum Gasteiger partial charge on any atom is 0.303 e. The van der Waals surface area contributed by atoms with Gasteiger partial charge >= 0.3 is 113 Å². The molecule has 52 nitrogen and oxygen atoms in total. The quantitative estimate of drug-likeness (QED) is 0.0217. The fourth-order valence-corrected chi connectivity index (χ4v) is 13.8. The summed E-state index contributed by atoms with van der Waals surface area (Å²) in [6.07, 6.45) is -63.9. The minimum absolute atomic E-state index is 0.801. The summed E-state index contributed by atoms with van der Waals surface area (Å²) in [7, 11) is 0.